The zero-order valence-corrected chi connectivity index (χ0v) is 21.1. The van der Waals surface area contributed by atoms with Gasteiger partial charge in [-0.1, -0.05) is 54.1 Å². The van der Waals surface area contributed by atoms with Crippen LogP contribution in [0, 0.1) is 6.92 Å². The summed E-state index contributed by atoms with van der Waals surface area (Å²) in [5.74, 6) is -1.38. The van der Waals surface area contributed by atoms with E-state index in [1.54, 1.807) is 25.1 Å². The predicted octanol–water partition coefficient (Wildman–Crippen LogP) is 4.57. The lowest BCUT2D eigenvalue weighted by Crippen LogP contribution is -2.43. The summed E-state index contributed by atoms with van der Waals surface area (Å²) in [6.07, 6.45) is 0.949. The van der Waals surface area contributed by atoms with Gasteiger partial charge in [-0.3, -0.25) is 14.5 Å². The van der Waals surface area contributed by atoms with Gasteiger partial charge in [-0.2, -0.15) is 0 Å². The van der Waals surface area contributed by atoms with Gasteiger partial charge in [0, 0.05) is 50.1 Å². The van der Waals surface area contributed by atoms with Crippen molar-refractivity contribution in [1.82, 2.24) is 10.2 Å². The van der Waals surface area contributed by atoms with E-state index in [4.69, 9.17) is 11.6 Å². The molecule has 182 valence electrons. The van der Waals surface area contributed by atoms with Crippen molar-refractivity contribution in [3.63, 3.8) is 0 Å². The molecular formula is C28H31ClN4O2. The van der Waals surface area contributed by atoms with E-state index in [1.165, 1.54) is 11.1 Å². The molecule has 0 aliphatic carbocycles. The van der Waals surface area contributed by atoms with Gasteiger partial charge in [-0.15, -0.1) is 0 Å². The Kier molecular flexibility index (Phi) is 7.73. The molecule has 1 unspecified atom stereocenters. The van der Waals surface area contributed by atoms with Crippen LogP contribution in [0.2, 0.25) is 5.02 Å². The number of hydrogen-bond acceptors (Lipinski definition) is 4. The molecule has 7 heteroatoms. The topological polar surface area (TPSA) is 64.7 Å². The molecule has 3 aromatic rings. The van der Waals surface area contributed by atoms with Crippen LogP contribution >= 0.6 is 11.6 Å². The number of anilines is 2. The Hall–Kier alpha value is -3.35. The average Bonchev–Trinajstić information content (AvgIpc) is 2.87. The van der Waals surface area contributed by atoms with Crippen LogP contribution in [0.25, 0.3) is 0 Å². The Bertz CT molecular complexity index is 1210. The van der Waals surface area contributed by atoms with Gasteiger partial charge in [0.05, 0.1) is 6.04 Å². The lowest BCUT2D eigenvalue weighted by atomic mass is 9.96. The standard InChI is InChI=1S/C28H31ClN4O2/c1-19-24(29)9-6-10-25(19)31-28(35)27(34)30-17-26(21-11-13-23(14-12-21)32(2)3)33-16-15-20-7-4-5-8-22(20)18-33/h4-14,26H,15-18H2,1-3H3,(H,30,34)(H,31,35). The van der Waals surface area contributed by atoms with Crippen LogP contribution < -0.4 is 15.5 Å². The van der Waals surface area contributed by atoms with Gasteiger partial charge < -0.3 is 15.5 Å². The second-order valence-corrected chi connectivity index (χ2v) is 9.47. The summed E-state index contributed by atoms with van der Waals surface area (Å²) in [5, 5.41) is 6.07. The molecule has 0 radical (unpaired) electrons. The van der Waals surface area contributed by atoms with E-state index < -0.39 is 11.8 Å². The van der Waals surface area contributed by atoms with Gasteiger partial charge in [0.2, 0.25) is 0 Å². The van der Waals surface area contributed by atoms with Crippen molar-refractivity contribution in [2.45, 2.75) is 25.9 Å². The minimum absolute atomic E-state index is 0.0655. The number of carbonyl (C=O) groups is 2. The number of nitrogens with one attached hydrogen (secondary N) is 2. The molecule has 1 atom stereocenters. The minimum atomic E-state index is -0.707. The summed E-state index contributed by atoms with van der Waals surface area (Å²) in [5.41, 5.74) is 6.13. The molecule has 1 heterocycles. The summed E-state index contributed by atoms with van der Waals surface area (Å²) in [4.78, 5) is 29.7. The van der Waals surface area contributed by atoms with Crippen LogP contribution in [-0.4, -0.2) is 43.9 Å². The third kappa shape index (κ3) is 5.84. The zero-order chi connectivity index (χ0) is 24.9. The van der Waals surface area contributed by atoms with Gasteiger partial charge in [0.1, 0.15) is 0 Å². The highest BCUT2D eigenvalue weighted by Gasteiger charge is 2.26. The maximum Gasteiger partial charge on any atom is 0.313 e. The van der Waals surface area contributed by atoms with E-state index in [9.17, 15) is 9.59 Å². The largest absolute Gasteiger partial charge is 0.378 e. The highest BCUT2D eigenvalue weighted by atomic mass is 35.5. The number of rotatable bonds is 6. The maximum atomic E-state index is 12.7. The minimum Gasteiger partial charge on any atom is -0.378 e. The molecule has 2 N–H and O–H groups in total. The van der Waals surface area contributed by atoms with Gasteiger partial charge >= 0.3 is 11.8 Å². The monoisotopic (exact) mass is 490 g/mol. The molecule has 3 aromatic carbocycles. The molecule has 4 rings (SSSR count). The number of hydrogen-bond donors (Lipinski definition) is 2. The molecule has 0 saturated carbocycles. The molecule has 6 nitrogen and oxygen atoms in total. The number of nitrogens with zero attached hydrogens (tertiary/aromatic N) is 2. The Morgan fingerprint density at radius 1 is 0.971 bits per heavy atom. The van der Waals surface area contributed by atoms with Crippen molar-refractivity contribution in [3.8, 4) is 0 Å². The Morgan fingerprint density at radius 2 is 1.69 bits per heavy atom. The maximum absolute atomic E-state index is 12.7. The van der Waals surface area contributed by atoms with Crippen molar-refractivity contribution in [3.05, 3.63) is 94.0 Å². The lowest BCUT2D eigenvalue weighted by molar-refractivity contribution is -0.136. The van der Waals surface area contributed by atoms with Crippen molar-refractivity contribution < 1.29 is 9.59 Å². The first-order valence-electron chi connectivity index (χ1n) is 11.8. The zero-order valence-electron chi connectivity index (χ0n) is 20.3. The van der Waals surface area contributed by atoms with E-state index in [1.807, 2.05) is 14.1 Å². The van der Waals surface area contributed by atoms with E-state index in [2.05, 4.69) is 69.0 Å². The Balaban J connectivity index is 1.49. The highest BCUT2D eigenvalue weighted by Crippen LogP contribution is 2.29. The van der Waals surface area contributed by atoms with Crippen LogP contribution in [0.1, 0.15) is 28.3 Å². The van der Waals surface area contributed by atoms with E-state index in [-0.39, 0.29) is 6.04 Å². The lowest BCUT2D eigenvalue weighted by Gasteiger charge is -2.36. The van der Waals surface area contributed by atoms with Crippen molar-refractivity contribution in [1.29, 1.82) is 0 Å². The molecule has 35 heavy (non-hydrogen) atoms. The van der Waals surface area contributed by atoms with Crippen LogP contribution in [0.3, 0.4) is 0 Å². The third-order valence-corrected chi connectivity index (χ3v) is 6.98. The molecule has 0 bridgehead atoms. The second-order valence-electron chi connectivity index (χ2n) is 9.07. The van der Waals surface area contributed by atoms with Gasteiger partial charge in [-0.25, -0.2) is 0 Å². The number of amides is 2. The van der Waals surface area contributed by atoms with Crippen molar-refractivity contribution >= 4 is 34.8 Å². The number of halogens is 1. The van der Waals surface area contributed by atoms with Crippen molar-refractivity contribution in [2.24, 2.45) is 0 Å². The Labute approximate surface area is 211 Å². The summed E-state index contributed by atoms with van der Waals surface area (Å²) in [6.45, 7) is 3.79. The van der Waals surface area contributed by atoms with Crippen LogP contribution in [0.5, 0.6) is 0 Å². The molecule has 0 spiro atoms. The van der Waals surface area contributed by atoms with Crippen LogP contribution in [0.15, 0.2) is 66.7 Å². The SMILES string of the molecule is Cc1c(Cl)cccc1NC(=O)C(=O)NCC(c1ccc(N(C)C)cc1)N1CCc2ccccc2C1. The number of benzene rings is 3. The molecule has 0 fully saturated rings. The second kappa shape index (κ2) is 10.9. The third-order valence-electron chi connectivity index (χ3n) is 6.57. The fourth-order valence-electron chi connectivity index (χ4n) is 4.43. The summed E-state index contributed by atoms with van der Waals surface area (Å²) >= 11 is 6.14. The normalized spacial score (nSPS) is 14.1. The van der Waals surface area contributed by atoms with Crippen LogP contribution in [-0.2, 0) is 22.6 Å². The van der Waals surface area contributed by atoms with Gasteiger partial charge in [0.25, 0.3) is 0 Å². The first-order valence-corrected chi connectivity index (χ1v) is 12.1. The quantitative estimate of drug-likeness (QED) is 0.497. The summed E-state index contributed by atoms with van der Waals surface area (Å²) < 4.78 is 0. The fourth-order valence-corrected chi connectivity index (χ4v) is 4.60. The average molecular weight is 491 g/mol. The van der Waals surface area contributed by atoms with Gasteiger partial charge in [-0.05, 0) is 59.9 Å². The number of fused-ring (bicyclic) bond motifs is 1. The predicted molar refractivity (Wildman–Crippen MR) is 142 cm³/mol. The Morgan fingerprint density at radius 3 is 2.40 bits per heavy atom. The molecule has 1 aliphatic heterocycles. The smallest absolute Gasteiger partial charge is 0.313 e. The molecular weight excluding hydrogens is 460 g/mol. The number of carbonyl (C=O) groups excluding carboxylic acids is 2. The first kappa shape index (κ1) is 24.8. The molecule has 2 amide bonds. The van der Waals surface area contributed by atoms with E-state index in [0.717, 1.165) is 36.3 Å². The molecule has 0 saturated heterocycles. The summed E-state index contributed by atoms with van der Waals surface area (Å²) in [6, 6.07) is 22.0. The van der Waals surface area contributed by atoms with E-state index >= 15 is 0 Å². The fraction of sp³-hybridized carbons (Fsp3) is 0.286. The van der Waals surface area contributed by atoms with E-state index in [0.29, 0.717) is 17.3 Å². The summed E-state index contributed by atoms with van der Waals surface area (Å²) in [7, 11) is 4.02. The highest BCUT2D eigenvalue weighted by molar-refractivity contribution is 6.40. The first-order chi connectivity index (χ1) is 16.8. The molecule has 0 aromatic heterocycles. The van der Waals surface area contributed by atoms with Crippen molar-refractivity contribution in [2.75, 3.05) is 37.4 Å². The molecule has 1 aliphatic rings. The van der Waals surface area contributed by atoms with Crippen LogP contribution in [0.4, 0.5) is 11.4 Å². The van der Waals surface area contributed by atoms with Gasteiger partial charge in [0.15, 0.2) is 0 Å².